The van der Waals surface area contributed by atoms with Crippen LogP contribution in [0.15, 0.2) is 24.4 Å². The maximum atomic E-state index is 4.40. The van der Waals surface area contributed by atoms with E-state index in [4.69, 9.17) is 0 Å². The van der Waals surface area contributed by atoms with Gasteiger partial charge in [0.1, 0.15) is 0 Å². The van der Waals surface area contributed by atoms with Gasteiger partial charge in [-0.05, 0) is 31.0 Å². The molecule has 17 heavy (non-hydrogen) atoms. The van der Waals surface area contributed by atoms with Crippen LogP contribution < -0.4 is 5.32 Å². The Kier molecular flexibility index (Phi) is 4.51. The minimum absolute atomic E-state index is 0.694. The van der Waals surface area contributed by atoms with E-state index >= 15 is 0 Å². The summed E-state index contributed by atoms with van der Waals surface area (Å²) in [6.45, 7) is 8.96. The molecule has 1 aromatic rings. The van der Waals surface area contributed by atoms with Gasteiger partial charge in [0.25, 0.3) is 0 Å². The molecule has 2 unspecified atom stereocenters. The summed E-state index contributed by atoms with van der Waals surface area (Å²) in [5.74, 6) is 0.729. The van der Waals surface area contributed by atoms with E-state index in [1.54, 1.807) is 0 Å². The lowest BCUT2D eigenvalue weighted by molar-refractivity contribution is 0.140. The smallest absolute Gasteiger partial charge is 0.0543 e. The first kappa shape index (κ1) is 12.5. The van der Waals surface area contributed by atoms with Crippen LogP contribution in [0.4, 0.5) is 0 Å². The van der Waals surface area contributed by atoms with Crippen molar-refractivity contribution < 1.29 is 0 Å². The van der Waals surface area contributed by atoms with Crippen LogP contribution in [0.2, 0.25) is 0 Å². The summed E-state index contributed by atoms with van der Waals surface area (Å²) in [5, 5.41) is 3.58. The Labute approximate surface area is 104 Å². The zero-order valence-electron chi connectivity index (χ0n) is 10.9. The molecule has 0 aliphatic carbocycles. The molecule has 1 saturated heterocycles. The zero-order chi connectivity index (χ0) is 12.1. The van der Waals surface area contributed by atoms with E-state index in [9.17, 15) is 0 Å². The molecule has 0 amide bonds. The van der Waals surface area contributed by atoms with Gasteiger partial charge in [-0.1, -0.05) is 19.9 Å². The molecule has 2 atom stereocenters. The fourth-order valence-corrected chi connectivity index (χ4v) is 2.66. The molecule has 0 spiro atoms. The number of hydrogen-bond acceptors (Lipinski definition) is 3. The Bertz CT molecular complexity index is 325. The highest BCUT2D eigenvalue weighted by atomic mass is 15.2. The third-order valence-corrected chi connectivity index (χ3v) is 3.57. The lowest BCUT2D eigenvalue weighted by Crippen LogP contribution is -2.47. The summed E-state index contributed by atoms with van der Waals surface area (Å²) < 4.78 is 0. The minimum atomic E-state index is 0.694. The standard InChI is InChI=1S/C14H23N3/c1-3-15-14-7-9-17(10-12(14)2)11-13-6-4-5-8-16-13/h4-6,8,12,14-15H,3,7,9-11H2,1-2H3. The van der Waals surface area contributed by atoms with E-state index in [1.165, 1.54) is 25.2 Å². The van der Waals surface area contributed by atoms with Crippen molar-refractivity contribution in [2.24, 2.45) is 5.92 Å². The SMILES string of the molecule is CCNC1CCN(Cc2ccccn2)CC1C. The molecule has 2 rings (SSSR count). The number of rotatable bonds is 4. The van der Waals surface area contributed by atoms with E-state index in [0.29, 0.717) is 6.04 Å². The number of pyridine rings is 1. The summed E-state index contributed by atoms with van der Waals surface area (Å²) >= 11 is 0. The monoisotopic (exact) mass is 233 g/mol. The number of hydrogen-bond donors (Lipinski definition) is 1. The molecule has 1 fully saturated rings. The number of nitrogens with zero attached hydrogens (tertiary/aromatic N) is 2. The lowest BCUT2D eigenvalue weighted by Gasteiger charge is -2.37. The molecule has 94 valence electrons. The third kappa shape index (κ3) is 3.51. The summed E-state index contributed by atoms with van der Waals surface area (Å²) in [5.41, 5.74) is 1.18. The number of piperidine rings is 1. The lowest BCUT2D eigenvalue weighted by atomic mass is 9.93. The van der Waals surface area contributed by atoms with Crippen LogP contribution in [-0.2, 0) is 6.54 Å². The molecule has 0 aromatic carbocycles. The van der Waals surface area contributed by atoms with E-state index < -0.39 is 0 Å². The average molecular weight is 233 g/mol. The quantitative estimate of drug-likeness (QED) is 0.861. The van der Waals surface area contributed by atoms with E-state index in [-0.39, 0.29) is 0 Å². The Balaban J connectivity index is 1.85. The summed E-state index contributed by atoms with van der Waals surface area (Å²) in [6, 6.07) is 6.85. The van der Waals surface area contributed by atoms with Crippen LogP contribution >= 0.6 is 0 Å². The predicted octanol–water partition coefficient (Wildman–Crippen LogP) is 1.90. The highest BCUT2D eigenvalue weighted by molar-refractivity contribution is 5.03. The Morgan fingerprint density at radius 1 is 1.47 bits per heavy atom. The molecule has 1 aliphatic heterocycles. The third-order valence-electron chi connectivity index (χ3n) is 3.57. The van der Waals surface area contributed by atoms with Crippen molar-refractivity contribution in [2.75, 3.05) is 19.6 Å². The van der Waals surface area contributed by atoms with Gasteiger partial charge in [0.15, 0.2) is 0 Å². The molecular formula is C14H23N3. The topological polar surface area (TPSA) is 28.2 Å². The van der Waals surface area contributed by atoms with Gasteiger partial charge >= 0.3 is 0 Å². The molecular weight excluding hydrogens is 210 g/mol. The predicted molar refractivity (Wildman–Crippen MR) is 70.8 cm³/mol. The fraction of sp³-hybridized carbons (Fsp3) is 0.643. The fourth-order valence-electron chi connectivity index (χ4n) is 2.66. The van der Waals surface area contributed by atoms with Crippen molar-refractivity contribution in [1.29, 1.82) is 0 Å². The van der Waals surface area contributed by atoms with Crippen molar-refractivity contribution in [1.82, 2.24) is 15.2 Å². The second-order valence-corrected chi connectivity index (χ2v) is 4.99. The number of aromatic nitrogens is 1. The van der Waals surface area contributed by atoms with Crippen molar-refractivity contribution in [3.05, 3.63) is 30.1 Å². The second kappa shape index (κ2) is 6.12. The molecule has 0 bridgehead atoms. The molecule has 0 saturated carbocycles. The first-order valence-electron chi connectivity index (χ1n) is 6.65. The maximum absolute atomic E-state index is 4.40. The van der Waals surface area contributed by atoms with Crippen LogP contribution in [0.1, 0.15) is 26.0 Å². The van der Waals surface area contributed by atoms with Gasteiger partial charge in [-0.25, -0.2) is 0 Å². The van der Waals surface area contributed by atoms with Gasteiger partial charge < -0.3 is 5.32 Å². The highest BCUT2D eigenvalue weighted by Gasteiger charge is 2.25. The molecule has 1 N–H and O–H groups in total. The molecule has 3 nitrogen and oxygen atoms in total. The van der Waals surface area contributed by atoms with Crippen LogP contribution in [0.3, 0.4) is 0 Å². The first-order chi connectivity index (χ1) is 8.29. The van der Waals surface area contributed by atoms with Crippen LogP contribution in [0.25, 0.3) is 0 Å². The Morgan fingerprint density at radius 3 is 3.00 bits per heavy atom. The molecule has 2 heterocycles. The Morgan fingerprint density at radius 2 is 2.35 bits per heavy atom. The second-order valence-electron chi connectivity index (χ2n) is 4.99. The zero-order valence-corrected chi connectivity index (χ0v) is 10.9. The summed E-state index contributed by atoms with van der Waals surface area (Å²) in [6.07, 6.45) is 3.13. The molecule has 3 heteroatoms. The van der Waals surface area contributed by atoms with E-state index in [2.05, 4.69) is 41.2 Å². The van der Waals surface area contributed by atoms with Crippen LogP contribution in [0, 0.1) is 5.92 Å². The van der Waals surface area contributed by atoms with Gasteiger partial charge in [0, 0.05) is 31.9 Å². The number of likely N-dealkylation sites (tertiary alicyclic amines) is 1. The maximum Gasteiger partial charge on any atom is 0.0543 e. The Hall–Kier alpha value is -0.930. The van der Waals surface area contributed by atoms with Gasteiger partial charge in [-0.3, -0.25) is 9.88 Å². The van der Waals surface area contributed by atoms with Gasteiger partial charge in [0.2, 0.25) is 0 Å². The number of nitrogens with one attached hydrogen (secondary N) is 1. The van der Waals surface area contributed by atoms with Crippen molar-refractivity contribution >= 4 is 0 Å². The van der Waals surface area contributed by atoms with E-state index in [0.717, 1.165) is 19.0 Å². The van der Waals surface area contributed by atoms with Gasteiger partial charge in [-0.2, -0.15) is 0 Å². The summed E-state index contributed by atoms with van der Waals surface area (Å²) in [7, 11) is 0. The van der Waals surface area contributed by atoms with Crippen molar-refractivity contribution in [3.8, 4) is 0 Å². The molecule has 0 radical (unpaired) electrons. The molecule has 1 aliphatic rings. The van der Waals surface area contributed by atoms with E-state index in [1.807, 2.05) is 12.3 Å². The minimum Gasteiger partial charge on any atom is -0.314 e. The van der Waals surface area contributed by atoms with Crippen molar-refractivity contribution in [3.63, 3.8) is 0 Å². The normalized spacial score (nSPS) is 26.0. The highest BCUT2D eigenvalue weighted by Crippen LogP contribution is 2.18. The van der Waals surface area contributed by atoms with Gasteiger partial charge in [-0.15, -0.1) is 0 Å². The van der Waals surface area contributed by atoms with Crippen LogP contribution in [0.5, 0.6) is 0 Å². The largest absolute Gasteiger partial charge is 0.314 e. The van der Waals surface area contributed by atoms with Crippen LogP contribution in [-0.4, -0.2) is 35.6 Å². The molecule has 1 aromatic heterocycles. The van der Waals surface area contributed by atoms with Gasteiger partial charge in [0.05, 0.1) is 5.69 Å². The first-order valence-corrected chi connectivity index (χ1v) is 6.65. The summed E-state index contributed by atoms with van der Waals surface area (Å²) in [4.78, 5) is 6.91. The van der Waals surface area contributed by atoms with Crippen molar-refractivity contribution in [2.45, 2.75) is 32.9 Å². The average Bonchev–Trinajstić information content (AvgIpc) is 2.34.